The van der Waals surface area contributed by atoms with Crippen molar-refractivity contribution in [3.8, 4) is 11.4 Å². The Labute approximate surface area is 161 Å². The second-order valence-corrected chi connectivity index (χ2v) is 6.42. The summed E-state index contributed by atoms with van der Waals surface area (Å²) in [5.74, 6) is -0.248. The van der Waals surface area contributed by atoms with Crippen LogP contribution in [0.1, 0.15) is 16.1 Å². The Morgan fingerprint density at radius 2 is 1.93 bits per heavy atom. The summed E-state index contributed by atoms with van der Waals surface area (Å²) in [6, 6.07) is 16.8. The molecular weight excluding hydrogens is 362 g/mol. The predicted molar refractivity (Wildman–Crippen MR) is 105 cm³/mol. The van der Waals surface area contributed by atoms with Crippen LogP contribution in [0.15, 0.2) is 73.2 Å². The maximum Gasteiger partial charge on any atom is 0.258 e. The number of aryl methyl sites for hydroxylation is 1. The van der Waals surface area contributed by atoms with Crippen LogP contribution in [0.25, 0.3) is 11.4 Å². The number of hydrogen-bond acceptors (Lipinski definition) is 3. The number of aromatic nitrogens is 4. The number of carbonyl (C=O) groups is 1. The monoisotopic (exact) mass is 377 g/mol. The molecule has 6 nitrogen and oxygen atoms in total. The second kappa shape index (κ2) is 7.09. The lowest BCUT2D eigenvalue weighted by Crippen LogP contribution is -2.11. The summed E-state index contributed by atoms with van der Waals surface area (Å²) in [5, 5.41) is 12.0. The molecule has 2 heterocycles. The van der Waals surface area contributed by atoms with Crippen molar-refractivity contribution in [2.75, 3.05) is 5.32 Å². The molecule has 134 valence electrons. The van der Waals surface area contributed by atoms with E-state index in [0.29, 0.717) is 16.3 Å². The third-order valence-electron chi connectivity index (χ3n) is 4.12. The molecule has 2 aromatic heterocycles. The van der Waals surface area contributed by atoms with E-state index in [-0.39, 0.29) is 5.91 Å². The van der Waals surface area contributed by atoms with Crippen molar-refractivity contribution in [2.24, 2.45) is 0 Å². The second-order valence-electron chi connectivity index (χ2n) is 6.01. The summed E-state index contributed by atoms with van der Waals surface area (Å²) >= 11 is 6.19. The highest BCUT2D eigenvalue weighted by molar-refractivity contribution is 6.32. The Kier molecular flexibility index (Phi) is 4.48. The maximum absolute atomic E-state index is 12.6. The van der Waals surface area contributed by atoms with Gasteiger partial charge in [-0.1, -0.05) is 29.8 Å². The van der Waals surface area contributed by atoms with Crippen molar-refractivity contribution < 1.29 is 4.79 Å². The topological polar surface area (TPSA) is 64.7 Å². The SMILES string of the molecule is Cc1ccnn1-c1cccc(NC(=O)c2cnn(-c3ccccc3Cl)c2)c1. The number of anilines is 1. The van der Waals surface area contributed by atoms with E-state index in [0.717, 1.165) is 17.1 Å². The van der Waals surface area contributed by atoms with Gasteiger partial charge in [-0.15, -0.1) is 0 Å². The van der Waals surface area contributed by atoms with E-state index in [9.17, 15) is 4.79 Å². The Balaban J connectivity index is 1.55. The van der Waals surface area contributed by atoms with E-state index in [2.05, 4.69) is 15.5 Å². The standard InChI is InChI=1S/C20H16ClN5O/c1-14-9-10-22-26(14)17-6-4-5-16(11-17)24-20(27)15-12-23-25(13-15)19-8-3-2-7-18(19)21/h2-13H,1H3,(H,24,27). The number of rotatable bonds is 4. The average Bonchev–Trinajstić information content (AvgIpc) is 3.31. The Morgan fingerprint density at radius 3 is 2.70 bits per heavy atom. The predicted octanol–water partition coefficient (Wildman–Crippen LogP) is 4.27. The number of nitrogens with zero attached hydrogens (tertiary/aromatic N) is 4. The minimum absolute atomic E-state index is 0.248. The van der Waals surface area contributed by atoms with Crippen LogP contribution in [-0.2, 0) is 0 Å². The van der Waals surface area contributed by atoms with Crippen molar-refractivity contribution in [1.29, 1.82) is 0 Å². The Bertz CT molecular complexity index is 1110. The summed E-state index contributed by atoms with van der Waals surface area (Å²) in [7, 11) is 0. The molecule has 0 spiro atoms. The highest BCUT2D eigenvalue weighted by atomic mass is 35.5. The van der Waals surface area contributed by atoms with E-state index in [1.165, 1.54) is 6.20 Å². The van der Waals surface area contributed by atoms with E-state index in [1.54, 1.807) is 23.1 Å². The molecule has 4 aromatic rings. The maximum atomic E-state index is 12.6. The third-order valence-corrected chi connectivity index (χ3v) is 4.44. The van der Waals surface area contributed by atoms with Crippen LogP contribution in [0.4, 0.5) is 5.69 Å². The summed E-state index contributed by atoms with van der Waals surface area (Å²) in [6.07, 6.45) is 4.90. The number of para-hydroxylation sites is 1. The van der Waals surface area contributed by atoms with Crippen LogP contribution in [0.5, 0.6) is 0 Å². The van der Waals surface area contributed by atoms with Crippen molar-refractivity contribution in [2.45, 2.75) is 6.92 Å². The molecule has 27 heavy (non-hydrogen) atoms. The average molecular weight is 378 g/mol. The molecule has 0 bridgehead atoms. The zero-order valence-corrected chi connectivity index (χ0v) is 15.3. The smallest absolute Gasteiger partial charge is 0.258 e. The van der Waals surface area contributed by atoms with Gasteiger partial charge in [0, 0.05) is 23.8 Å². The molecule has 2 aromatic carbocycles. The Hall–Kier alpha value is -3.38. The first-order chi connectivity index (χ1) is 13.1. The summed E-state index contributed by atoms with van der Waals surface area (Å²) in [5.41, 5.74) is 3.73. The molecule has 0 aliphatic heterocycles. The zero-order chi connectivity index (χ0) is 18.8. The molecule has 0 saturated heterocycles. The van der Waals surface area contributed by atoms with Crippen LogP contribution in [0.3, 0.4) is 0 Å². The largest absolute Gasteiger partial charge is 0.322 e. The van der Waals surface area contributed by atoms with E-state index in [4.69, 9.17) is 11.6 Å². The molecule has 0 radical (unpaired) electrons. The molecule has 0 atom stereocenters. The molecular formula is C20H16ClN5O. The van der Waals surface area contributed by atoms with Gasteiger partial charge in [0.05, 0.1) is 28.2 Å². The van der Waals surface area contributed by atoms with Gasteiger partial charge in [0.1, 0.15) is 0 Å². The molecule has 1 N–H and O–H groups in total. The summed E-state index contributed by atoms with van der Waals surface area (Å²) in [4.78, 5) is 12.6. The normalized spacial score (nSPS) is 10.7. The minimum Gasteiger partial charge on any atom is -0.322 e. The van der Waals surface area contributed by atoms with Gasteiger partial charge in [0.2, 0.25) is 0 Å². The molecule has 4 rings (SSSR count). The van der Waals surface area contributed by atoms with Gasteiger partial charge in [0.25, 0.3) is 5.91 Å². The quantitative estimate of drug-likeness (QED) is 0.577. The van der Waals surface area contributed by atoms with Crippen molar-refractivity contribution in [3.63, 3.8) is 0 Å². The van der Waals surface area contributed by atoms with Crippen LogP contribution in [0.2, 0.25) is 5.02 Å². The molecule has 0 aliphatic carbocycles. The fraction of sp³-hybridized carbons (Fsp3) is 0.0500. The molecule has 0 aliphatic rings. The number of benzene rings is 2. The van der Waals surface area contributed by atoms with Crippen LogP contribution in [-0.4, -0.2) is 25.5 Å². The number of hydrogen-bond donors (Lipinski definition) is 1. The van der Waals surface area contributed by atoms with E-state index in [1.807, 2.05) is 60.1 Å². The van der Waals surface area contributed by atoms with Crippen LogP contribution >= 0.6 is 11.6 Å². The van der Waals surface area contributed by atoms with Crippen molar-refractivity contribution in [3.05, 3.63) is 89.5 Å². The molecule has 0 saturated carbocycles. The van der Waals surface area contributed by atoms with Crippen LogP contribution < -0.4 is 5.32 Å². The van der Waals surface area contributed by atoms with Crippen molar-refractivity contribution >= 4 is 23.2 Å². The lowest BCUT2D eigenvalue weighted by Gasteiger charge is -2.08. The fourth-order valence-corrected chi connectivity index (χ4v) is 2.99. The number of amides is 1. The molecule has 0 fully saturated rings. The lowest BCUT2D eigenvalue weighted by molar-refractivity contribution is 0.102. The first-order valence-corrected chi connectivity index (χ1v) is 8.71. The molecule has 1 amide bonds. The zero-order valence-electron chi connectivity index (χ0n) is 14.5. The third kappa shape index (κ3) is 3.47. The van der Waals surface area contributed by atoms with Gasteiger partial charge in [0.15, 0.2) is 0 Å². The highest BCUT2D eigenvalue weighted by Gasteiger charge is 2.12. The van der Waals surface area contributed by atoms with Crippen LogP contribution in [0, 0.1) is 6.92 Å². The van der Waals surface area contributed by atoms with E-state index >= 15 is 0 Å². The molecule has 7 heteroatoms. The van der Waals surface area contributed by atoms with Gasteiger partial charge in [-0.3, -0.25) is 4.79 Å². The Morgan fingerprint density at radius 1 is 1.07 bits per heavy atom. The van der Waals surface area contributed by atoms with Gasteiger partial charge in [-0.2, -0.15) is 10.2 Å². The lowest BCUT2D eigenvalue weighted by atomic mass is 10.2. The van der Waals surface area contributed by atoms with Gasteiger partial charge in [-0.25, -0.2) is 9.36 Å². The van der Waals surface area contributed by atoms with Gasteiger partial charge >= 0.3 is 0 Å². The first kappa shape index (κ1) is 17.1. The highest BCUT2D eigenvalue weighted by Crippen LogP contribution is 2.20. The van der Waals surface area contributed by atoms with Gasteiger partial charge < -0.3 is 5.32 Å². The summed E-state index contributed by atoms with van der Waals surface area (Å²) in [6.45, 7) is 1.97. The minimum atomic E-state index is -0.248. The first-order valence-electron chi connectivity index (χ1n) is 8.34. The number of nitrogens with one attached hydrogen (secondary N) is 1. The van der Waals surface area contributed by atoms with Crippen molar-refractivity contribution in [1.82, 2.24) is 19.6 Å². The van der Waals surface area contributed by atoms with E-state index < -0.39 is 0 Å². The van der Waals surface area contributed by atoms with Gasteiger partial charge in [-0.05, 0) is 43.3 Å². The summed E-state index contributed by atoms with van der Waals surface area (Å²) < 4.78 is 3.39. The molecule has 0 unspecified atom stereocenters. The fourth-order valence-electron chi connectivity index (χ4n) is 2.77. The number of carbonyl (C=O) groups excluding carboxylic acids is 1. The number of halogens is 1.